The van der Waals surface area contributed by atoms with Gasteiger partial charge in [0.1, 0.15) is 11.5 Å². The number of ether oxygens (including phenoxy) is 2. The first-order valence-electron chi connectivity index (χ1n) is 11.7. The van der Waals surface area contributed by atoms with Gasteiger partial charge >= 0.3 is 0 Å². The first kappa shape index (κ1) is 27.8. The van der Waals surface area contributed by atoms with Crippen LogP contribution < -0.4 is 20.1 Å². The number of carbonyl (C=O) groups excluding carboxylic acids is 2. The van der Waals surface area contributed by atoms with E-state index in [0.29, 0.717) is 62.0 Å². The highest BCUT2D eigenvalue weighted by Crippen LogP contribution is 2.22. The van der Waals surface area contributed by atoms with E-state index in [2.05, 4.69) is 10.6 Å². The normalized spacial score (nSPS) is 10.6. The number of aryl methyl sites for hydroxylation is 2. The van der Waals surface area contributed by atoms with Crippen molar-refractivity contribution in [1.29, 1.82) is 0 Å². The minimum atomic E-state index is 0.0105. The number of rotatable bonds is 15. The molecule has 2 N–H and O–H groups in total. The molecule has 0 unspecified atom stereocenters. The van der Waals surface area contributed by atoms with Gasteiger partial charge in [-0.05, 0) is 87.1 Å². The number of amides is 2. The molecule has 2 aromatic carbocycles. The molecule has 0 heterocycles. The van der Waals surface area contributed by atoms with E-state index < -0.39 is 0 Å². The first-order chi connectivity index (χ1) is 16.3. The van der Waals surface area contributed by atoms with Gasteiger partial charge in [-0.15, -0.1) is 0 Å². The van der Waals surface area contributed by atoms with Crippen LogP contribution >= 0.6 is 23.2 Å². The summed E-state index contributed by atoms with van der Waals surface area (Å²) in [7, 11) is 0. The minimum Gasteiger partial charge on any atom is -0.493 e. The number of benzene rings is 2. The van der Waals surface area contributed by atoms with Gasteiger partial charge in [-0.3, -0.25) is 9.59 Å². The Hall–Kier alpha value is -2.44. The lowest BCUT2D eigenvalue weighted by molar-refractivity contribution is -0.122. The van der Waals surface area contributed by atoms with Crippen LogP contribution in [0.5, 0.6) is 11.5 Å². The lowest BCUT2D eigenvalue weighted by Gasteiger charge is -2.10. The van der Waals surface area contributed by atoms with Crippen LogP contribution in [0.3, 0.4) is 0 Å². The van der Waals surface area contributed by atoms with Crippen LogP contribution in [0.15, 0.2) is 36.4 Å². The molecule has 6 nitrogen and oxygen atoms in total. The van der Waals surface area contributed by atoms with Gasteiger partial charge in [0, 0.05) is 36.0 Å². The second-order valence-corrected chi connectivity index (χ2v) is 9.00. The predicted molar refractivity (Wildman–Crippen MR) is 137 cm³/mol. The van der Waals surface area contributed by atoms with Crippen LogP contribution in [0.1, 0.15) is 49.7 Å². The third kappa shape index (κ3) is 11.1. The Morgan fingerprint density at radius 3 is 1.50 bits per heavy atom. The van der Waals surface area contributed by atoms with Gasteiger partial charge in [-0.25, -0.2) is 0 Å². The summed E-state index contributed by atoms with van der Waals surface area (Å²) in [5.41, 5.74) is 1.95. The quantitative estimate of drug-likeness (QED) is 0.305. The van der Waals surface area contributed by atoms with Gasteiger partial charge in [-0.1, -0.05) is 23.2 Å². The summed E-state index contributed by atoms with van der Waals surface area (Å²) < 4.78 is 11.4. The number of unbranched alkanes of at least 4 members (excludes halogenated alkanes) is 1. The standard InChI is InChI=1S/C26H34Cl2N2O4/c1-19-17-21(27)9-11-23(19)33-15-5-7-25(31)29-13-3-4-14-30-26(32)8-6-16-34-24-12-10-22(28)18-20(24)2/h9-12,17-18H,3-8,13-16H2,1-2H3,(H,29,31)(H,30,32). The van der Waals surface area contributed by atoms with Gasteiger partial charge in [0.15, 0.2) is 0 Å². The maximum absolute atomic E-state index is 11.9. The van der Waals surface area contributed by atoms with Crippen molar-refractivity contribution >= 4 is 35.0 Å². The van der Waals surface area contributed by atoms with E-state index in [-0.39, 0.29) is 11.8 Å². The summed E-state index contributed by atoms with van der Waals surface area (Å²) in [5.74, 6) is 1.60. The lowest BCUT2D eigenvalue weighted by Crippen LogP contribution is -2.27. The summed E-state index contributed by atoms with van der Waals surface area (Å²) in [4.78, 5) is 23.8. The van der Waals surface area contributed by atoms with Crippen molar-refractivity contribution in [2.45, 2.75) is 52.4 Å². The molecule has 0 bridgehead atoms. The van der Waals surface area contributed by atoms with Crippen molar-refractivity contribution in [3.8, 4) is 11.5 Å². The van der Waals surface area contributed by atoms with Gasteiger partial charge in [0.2, 0.25) is 11.8 Å². The van der Waals surface area contributed by atoms with Gasteiger partial charge in [0.05, 0.1) is 13.2 Å². The summed E-state index contributed by atoms with van der Waals surface area (Å²) >= 11 is 11.9. The van der Waals surface area contributed by atoms with E-state index in [4.69, 9.17) is 32.7 Å². The van der Waals surface area contributed by atoms with Crippen LogP contribution in [0, 0.1) is 13.8 Å². The predicted octanol–water partition coefficient (Wildman–Crippen LogP) is 5.64. The smallest absolute Gasteiger partial charge is 0.220 e. The highest BCUT2D eigenvalue weighted by atomic mass is 35.5. The second-order valence-electron chi connectivity index (χ2n) is 8.13. The fourth-order valence-electron chi connectivity index (χ4n) is 3.26. The largest absolute Gasteiger partial charge is 0.493 e. The SMILES string of the molecule is Cc1cc(Cl)ccc1OCCCC(=O)NCCCCNC(=O)CCCOc1ccc(Cl)cc1C. The van der Waals surface area contributed by atoms with E-state index in [1.807, 2.05) is 38.1 Å². The third-order valence-electron chi connectivity index (χ3n) is 5.13. The van der Waals surface area contributed by atoms with Crippen molar-refractivity contribution < 1.29 is 19.1 Å². The average Bonchev–Trinajstić information content (AvgIpc) is 2.79. The zero-order valence-electron chi connectivity index (χ0n) is 19.9. The zero-order valence-corrected chi connectivity index (χ0v) is 21.4. The Morgan fingerprint density at radius 1 is 0.706 bits per heavy atom. The van der Waals surface area contributed by atoms with E-state index in [0.717, 1.165) is 35.5 Å². The van der Waals surface area contributed by atoms with Crippen molar-refractivity contribution in [3.05, 3.63) is 57.6 Å². The molecule has 0 atom stereocenters. The monoisotopic (exact) mass is 508 g/mol. The Balaban J connectivity index is 1.42. The van der Waals surface area contributed by atoms with Crippen LogP contribution in [0.2, 0.25) is 10.0 Å². The fraction of sp³-hybridized carbons (Fsp3) is 0.462. The molecular weight excluding hydrogens is 475 g/mol. The Bertz CT molecular complexity index is 862. The molecule has 0 fully saturated rings. The summed E-state index contributed by atoms with van der Waals surface area (Å²) in [5, 5.41) is 7.17. The Kier molecular flexibility index (Phi) is 12.6. The molecule has 0 aliphatic rings. The third-order valence-corrected chi connectivity index (χ3v) is 5.60. The summed E-state index contributed by atoms with van der Waals surface area (Å²) in [6.45, 7) is 6.03. The maximum Gasteiger partial charge on any atom is 0.220 e. The van der Waals surface area contributed by atoms with E-state index in [9.17, 15) is 9.59 Å². The highest BCUT2D eigenvalue weighted by Gasteiger charge is 2.05. The lowest BCUT2D eigenvalue weighted by atomic mass is 10.2. The molecule has 0 radical (unpaired) electrons. The van der Waals surface area contributed by atoms with Crippen LogP contribution in [0.25, 0.3) is 0 Å². The molecule has 0 aliphatic carbocycles. The number of hydrogen-bond donors (Lipinski definition) is 2. The summed E-state index contributed by atoms with van der Waals surface area (Å²) in [6, 6.07) is 11.0. The Morgan fingerprint density at radius 2 is 1.12 bits per heavy atom. The first-order valence-corrected chi connectivity index (χ1v) is 12.4. The molecule has 2 aromatic rings. The molecule has 8 heteroatoms. The van der Waals surface area contributed by atoms with Crippen molar-refractivity contribution in [2.75, 3.05) is 26.3 Å². The van der Waals surface area contributed by atoms with Gasteiger partial charge < -0.3 is 20.1 Å². The minimum absolute atomic E-state index is 0.0105. The number of halogens is 2. The molecule has 0 aromatic heterocycles. The molecule has 0 spiro atoms. The zero-order chi connectivity index (χ0) is 24.8. The molecular formula is C26H34Cl2N2O4. The number of nitrogens with one attached hydrogen (secondary N) is 2. The molecule has 0 saturated heterocycles. The molecule has 186 valence electrons. The van der Waals surface area contributed by atoms with Gasteiger partial charge in [-0.2, -0.15) is 0 Å². The Labute approximate surface area is 212 Å². The van der Waals surface area contributed by atoms with E-state index in [1.165, 1.54) is 0 Å². The van der Waals surface area contributed by atoms with Crippen LogP contribution in [0.4, 0.5) is 0 Å². The van der Waals surface area contributed by atoms with Gasteiger partial charge in [0.25, 0.3) is 0 Å². The second kappa shape index (κ2) is 15.5. The van der Waals surface area contributed by atoms with E-state index >= 15 is 0 Å². The molecule has 2 amide bonds. The van der Waals surface area contributed by atoms with Crippen molar-refractivity contribution in [1.82, 2.24) is 10.6 Å². The fourth-order valence-corrected chi connectivity index (χ4v) is 3.71. The molecule has 34 heavy (non-hydrogen) atoms. The van der Waals surface area contributed by atoms with Crippen LogP contribution in [-0.2, 0) is 9.59 Å². The number of carbonyl (C=O) groups is 2. The summed E-state index contributed by atoms with van der Waals surface area (Å²) in [6.07, 6.45) is 3.75. The maximum atomic E-state index is 11.9. The molecule has 0 saturated carbocycles. The highest BCUT2D eigenvalue weighted by molar-refractivity contribution is 6.31. The van der Waals surface area contributed by atoms with Crippen LogP contribution in [-0.4, -0.2) is 38.1 Å². The molecule has 0 aliphatic heterocycles. The average molecular weight is 509 g/mol. The van der Waals surface area contributed by atoms with E-state index in [1.54, 1.807) is 12.1 Å². The topological polar surface area (TPSA) is 76.7 Å². The van der Waals surface area contributed by atoms with Crippen molar-refractivity contribution in [2.24, 2.45) is 0 Å². The number of hydrogen-bond acceptors (Lipinski definition) is 4. The van der Waals surface area contributed by atoms with Crippen molar-refractivity contribution in [3.63, 3.8) is 0 Å². The molecule has 2 rings (SSSR count).